The zero-order chi connectivity index (χ0) is 11.7. The van der Waals surface area contributed by atoms with Gasteiger partial charge >= 0.3 is 0 Å². The van der Waals surface area contributed by atoms with Gasteiger partial charge in [0, 0.05) is 25.2 Å². The highest BCUT2D eigenvalue weighted by Crippen LogP contribution is 2.21. The minimum Gasteiger partial charge on any atom is -0.341 e. The molecule has 3 heterocycles. The number of hydrogen-bond donors (Lipinski definition) is 1. The fraction of sp³-hybridized carbons (Fsp3) is 0.615. The predicted octanol–water partition coefficient (Wildman–Crippen LogP) is 1.64. The van der Waals surface area contributed by atoms with E-state index < -0.39 is 0 Å². The van der Waals surface area contributed by atoms with Crippen molar-refractivity contribution in [2.24, 2.45) is 0 Å². The number of fused-ring (bicyclic) bond motifs is 2. The molecule has 2 unspecified atom stereocenters. The molecule has 1 N–H and O–H groups in total. The summed E-state index contributed by atoms with van der Waals surface area (Å²) in [6.07, 6.45) is 4.21. The van der Waals surface area contributed by atoms with E-state index in [1.807, 2.05) is 11.4 Å². The Bertz CT molecular complexity index is 390. The molecule has 2 aliphatic rings. The first-order valence-corrected chi connectivity index (χ1v) is 7.30. The molecule has 0 aliphatic carbocycles. The number of amides is 1. The first-order valence-electron chi connectivity index (χ1n) is 6.36. The summed E-state index contributed by atoms with van der Waals surface area (Å²) in [6.45, 7) is 1.83. The van der Waals surface area contributed by atoms with E-state index in [4.69, 9.17) is 0 Å². The molecule has 92 valence electrons. The van der Waals surface area contributed by atoms with Crippen LogP contribution < -0.4 is 5.32 Å². The number of rotatable bonds is 2. The Morgan fingerprint density at radius 1 is 1.41 bits per heavy atom. The normalized spacial score (nSPS) is 28.1. The molecule has 1 amide bonds. The maximum absolute atomic E-state index is 12.2. The fourth-order valence-corrected chi connectivity index (χ4v) is 3.52. The van der Waals surface area contributed by atoms with Crippen LogP contribution in [0.2, 0.25) is 0 Å². The van der Waals surface area contributed by atoms with Crippen LogP contribution in [0.15, 0.2) is 16.8 Å². The van der Waals surface area contributed by atoms with E-state index in [9.17, 15) is 4.79 Å². The van der Waals surface area contributed by atoms with Gasteiger partial charge in [-0.3, -0.25) is 4.79 Å². The average Bonchev–Trinajstić information content (AvgIpc) is 2.88. The van der Waals surface area contributed by atoms with Gasteiger partial charge in [0.05, 0.1) is 6.42 Å². The summed E-state index contributed by atoms with van der Waals surface area (Å²) in [4.78, 5) is 14.2. The van der Waals surface area contributed by atoms with Gasteiger partial charge in [-0.2, -0.15) is 11.3 Å². The molecule has 4 heteroatoms. The summed E-state index contributed by atoms with van der Waals surface area (Å²) < 4.78 is 0. The molecule has 2 saturated heterocycles. The Labute approximate surface area is 106 Å². The molecule has 3 rings (SSSR count). The van der Waals surface area contributed by atoms with Gasteiger partial charge in [-0.25, -0.2) is 0 Å². The van der Waals surface area contributed by atoms with E-state index in [0.717, 1.165) is 25.1 Å². The molecule has 1 aromatic rings. The number of nitrogens with zero attached hydrogens (tertiary/aromatic N) is 1. The fourth-order valence-electron chi connectivity index (χ4n) is 2.85. The van der Waals surface area contributed by atoms with E-state index in [-0.39, 0.29) is 5.91 Å². The summed E-state index contributed by atoms with van der Waals surface area (Å²) in [7, 11) is 0. The third-order valence-electron chi connectivity index (χ3n) is 3.81. The Morgan fingerprint density at radius 3 is 3.12 bits per heavy atom. The average molecular weight is 250 g/mol. The van der Waals surface area contributed by atoms with Crippen molar-refractivity contribution in [3.8, 4) is 0 Å². The third-order valence-corrected chi connectivity index (χ3v) is 4.54. The minimum atomic E-state index is 0.290. The second kappa shape index (κ2) is 4.78. The van der Waals surface area contributed by atoms with Crippen LogP contribution in [-0.2, 0) is 11.2 Å². The van der Waals surface area contributed by atoms with Crippen molar-refractivity contribution >= 4 is 17.2 Å². The van der Waals surface area contributed by atoms with Gasteiger partial charge in [-0.15, -0.1) is 0 Å². The van der Waals surface area contributed by atoms with Gasteiger partial charge in [-0.1, -0.05) is 0 Å². The Morgan fingerprint density at radius 2 is 2.29 bits per heavy atom. The minimum absolute atomic E-state index is 0.290. The van der Waals surface area contributed by atoms with Crippen LogP contribution in [0, 0.1) is 0 Å². The summed E-state index contributed by atoms with van der Waals surface area (Å²) >= 11 is 1.66. The van der Waals surface area contributed by atoms with Crippen molar-refractivity contribution in [3.05, 3.63) is 22.4 Å². The van der Waals surface area contributed by atoms with Gasteiger partial charge in [0.1, 0.15) is 0 Å². The van der Waals surface area contributed by atoms with Crippen LogP contribution in [-0.4, -0.2) is 36.0 Å². The van der Waals surface area contributed by atoms with Gasteiger partial charge in [0.15, 0.2) is 0 Å². The number of nitrogens with one attached hydrogen (secondary N) is 1. The highest BCUT2D eigenvalue weighted by molar-refractivity contribution is 7.07. The highest BCUT2D eigenvalue weighted by Gasteiger charge is 2.30. The maximum atomic E-state index is 12.2. The molecular weight excluding hydrogens is 232 g/mol. The monoisotopic (exact) mass is 250 g/mol. The smallest absolute Gasteiger partial charge is 0.227 e. The summed E-state index contributed by atoms with van der Waals surface area (Å²) in [5.41, 5.74) is 1.15. The molecule has 2 bridgehead atoms. The molecule has 2 fully saturated rings. The summed E-state index contributed by atoms with van der Waals surface area (Å²) in [6, 6.07) is 3.23. The molecule has 0 spiro atoms. The van der Waals surface area contributed by atoms with E-state index in [0.29, 0.717) is 18.5 Å². The summed E-state index contributed by atoms with van der Waals surface area (Å²) in [5.74, 6) is 0.290. The third kappa shape index (κ3) is 2.53. The number of hydrogen-bond acceptors (Lipinski definition) is 3. The topological polar surface area (TPSA) is 32.3 Å². The van der Waals surface area contributed by atoms with Crippen molar-refractivity contribution < 1.29 is 4.79 Å². The molecule has 3 nitrogen and oxygen atoms in total. The van der Waals surface area contributed by atoms with Crippen LogP contribution in [0.4, 0.5) is 0 Å². The van der Waals surface area contributed by atoms with Crippen molar-refractivity contribution in [2.45, 2.75) is 37.8 Å². The number of carbonyl (C=O) groups is 1. The summed E-state index contributed by atoms with van der Waals surface area (Å²) in [5, 5.41) is 7.71. The van der Waals surface area contributed by atoms with Crippen LogP contribution in [0.25, 0.3) is 0 Å². The number of thiophene rings is 1. The van der Waals surface area contributed by atoms with Crippen LogP contribution >= 0.6 is 11.3 Å². The SMILES string of the molecule is O=C(Cc1ccsc1)N1CCC2CCC(C1)N2. The van der Waals surface area contributed by atoms with Crippen molar-refractivity contribution in [2.75, 3.05) is 13.1 Å². The lowest BCUT2D eigenvalue weighted by Crippen LogP contribution is -2.39. The predicted molar refractivity (Wildman–Crippen MR) is 69.2 cm³/mol. The van der Waals surface area contributed by atoms with Gasteiger partial charge < -0.3 is 10.2 Å². The molecule has 2 aliphatic heterocycles. The zero-order valence-electron chi connectivity index (χ0n) is 9.89. The highest BCUT2D eigenvalue weighted by atomic mass is 32.1. The van der Waals surface area contributed by atoms with Gasteiger partial charge in [-0.05, 0) is 41.7 Å². The van der Waals surface area contributed by atoms with Crippen molar-refractivity contribution in [1.82, 2.24) is 10.2 Å². The lowest BCUT2D eigenvalue weighted by Gasteiger charge is -2.24. The van der Waals surface area contributed by atoms with Crippen molar-refractivity contribution in [3.63, 3.8) is 0 Å². The van der Waals surface area contributed by atoms with Crippen LogP contribution in [0.5, 0.6) is 0 Å². The van der Waals surface area contributed by atoms with E-state index in [1.165, 1.54) is 12.8 Å². The number of carbonyl (C=O) groups excluding carboxylic acids is 1. The van der Waals surface area contributed by atoms with Crippen molar-refractivity contribution in [1.29, 1.82) is 0 Å². The zero-order valence-corrected chi connectivity index (χ0v) is 10.7. The lowest BCUT2D eigenvalue weighted by atomic mass is 10.1. The first kappa shape index (κ1) is 11.2. The second-order valence-electron chi connectivity index (χ2n) is 5.07. The lowest BCUT2D eigenvalue weighted by molar-refractivity contribution is -0.130. The van der Waals surface area contributed by atoms with E-state index >= 15 is 0 Å². The second-order valence-corrected chi connectivity index (χ2v) is 5.85. The van der Waals surface area contributed by atoms with Crippen LogP contribution in [0.3, 0.4) is 0 Å². The quantitative estimate of drug-likeness (QED) is 0.865. The van der Waals surface area contributed by atoms with E-state index in [1.54, 1.807) is 11.3 Å². The van der Waals surface area contributed by atoms with Gasteiger partial charge in [0.2, 0.25) is 5.91 Å². The molecule has 2 atom stereocenters. The Balaban J connectivity index is 1.62. The van der Waals surface area contributed by atoms with Crippen LogP contribution in [0.1, 0.15) is 24.8 Å². The first-order chi connectivity index (χ1) is 8.31. The molecule has 0 aromatic carbocycles. The Kier molecular flexibility index (Phi) is 3.16. The molecule has 0 saturated carbocycles. The van der Waals surface area contributed by atoms with Gasteiger partial charge in [0.25, 0.3) is 0 Å². The standard InChI is InChI=1S/C13H18N2OS/c16-13(7-10-4-6-17-9-10)15-5-3-11-1-2-12(8-15)14-11/h4,6,9,11-12,14H,1-3,5,7-8H2. The molecule has 17 heavy (non-hydrogen) atoms. The van der Waals surface area contributed by atoms with E-state index in [2.05, 4.69) is 15.6 Å². The molecular formula is C13H18N2OS. The Hall–Kier alpha value is -0.870. The molecule has 1 aromatic heterocycles. The number of likely N-dealkylation sites (tertiary alicyclic amines) is 1. The largest absolute Gasteiger partial charge is 0.341 e. The molecule has 0 radical (unpaired) electrons. The maximum Gasteiger partial charge on any atom is 0.227 e.